The van der Waals surface area contributed by atoms with Crippen LogP contribution >= 0.6 is 0 Å². The van der Waals surface area contributed by atoms with Gasteiger partial charge in [-0.05, 0) is 29.3 Å². The SMILES string of the molecule is CC(C)(C)C12OOC1(c1cc(O)cc(-c3ccccc3)c1)OCC2(C)C. The molecule has 1 N–H and O–H groups in total. The third-order valence-corrected chi connectivity index (χ3v) is 5.80. The molecular weight excluding hydrogens is 328 g/mol. The molecule has 2 saturated heterocycles. The van der Waals surface area contributed by atoms with Crippen LogP contribution in [0.4, 0.5) is 0 Å². The van der Waals surface area contributed by atoms with Crippen LogP contribution in [0.5, 0.6) is 5.75 Å². The van der Waals surface area contributed by atoms with Crippen LogP contribution in [0.15, 0.2) is 48.5 Å². The third-order valence-electron chi connectivity index (χ3n) is 5.80. The number of ether oxygens (including phenoxy) is 1. The zero-order valence-electron chi connectivity index (χ0n) is 16.0. The Hall–Kier alpha value is -1.88. The summed E-state index contributed by atoms with van der Waals surface area (Å²) in [5.41, 5.74) is 1.59. The minimum absolute atomic E-state index is 0.183. The molecule has 0 spiro atoms. The van der Waals surface area contributed by atoms with Crippen molar-refractivity contribution in [1.82, 2.24) is 0 Å². The standard InChI is InChI=1S/C22H26O4/c1-19(2,3)22-20(4,5)14-24-21(22,25-26-22)17-11-16(12-18(23)13-17)15-9-7-6-8-10-15/h6-13,23H,14H2,1-5H3. The Kier molecular flexibility index (Phi) is 3.59. The average Bonchev–Trinajstić information content (AvgIpc) is 2.69. The van der Waals surface area contributed by atoms with Gasteiger partial charge >= 0.3 is 0 Å². The summed E-state index contributed by atoms with van der Waals surface area (Å²) in [6, 6.07) is 15.5. The average molecular weight is 354 g/mol. The van der Waals surface area contributed by atoms with Crippen LogP contribution in [-0.4, -0.2) is 17.3 Å². The molecule has 2 aromatic rings. The molecule has 2 aliphatic heterocycles. The zero-order chi connectivity index (χ0) is 18.8. The molecule has 0 aliphatic carbocycles. The highest BCUT2D eigenvalue weighted by molar-refractivity contribution is 5.66. The van der Waals surface area contributed by atoms with E-state index in [9.17, 15) is 5.11 Å². The monoisotopic (exact) mass is 354 g/mol. The maximum Gasteiger partial charge on any atom is 0.261 e. The van der Waals surface area contributed by atoms with Crippen LogP contribution in [0.3, 0.4) is 0 Å². The second-order valence-electron chi connectivity index (χ2n) is 9.02. The van der Waals surface area contributed by atoms with Gasteiger partial charge in [0.25, 0.3) is 5.79 Å². The largest absolute Gasteiger partial charge is 0.508 e. The Morgan fingerprint density at radius 2 is 1.62 bits per heavy atom. The molecule has 0 amide bonds. The Labute approximate surface area is 154 Å². The van der Waals surface area contributed by atoms with Crippen molar-refractivity contribution in [1.29, 1.82) is 0 Å². The second kappa shape index (κ2) is 5.32. The van der Waals surface area contributed by atoms with Crippen LogP contribution in [0.2, 0.25) is 0 Å². The topological polar surface area (TPSA) is 47.9 Å². The van der Waals surface area contributed by atoms with E-state index in [1.54, 1.807) is 12.1 Å². The molecule has 2 heterocycles. The van der Waals surface area contributed by atoms with Crippen LogP contribution in [0.25, 0.3) is 11.1 Å². The van der Waals surface area contributed by atoms with Gasteiger partial charge in [0.2, 0.25) is 0 Å². The van der Waals surface area contributed by atoms with E-state index >= 15 is 0 Å². The summed E-state index contributed by atoms with van der Waals surface area (Å²) in [6.45, 7) is 11.2. The van der Waals surface area contributed by atoms with E-state index in [1.807, 2.05) is 36.4 Å². The Morgan fingerprint density at radius 3 is 2.19 bits per heavy atom. The maximum atomic E-state index is 10.4. The van der Waals surface area contributed by atoms with Gasteiger partial charge in [-0.1, -0.05) is 65.0 Å². The fraction of sp³-hybridized carbons (Fsp3) is 0.455. The van der Waals surface area contributed by atoms with E-state index in [2.05, 4.69) is 34.6 Å². The first-order chi connectivity index (χ1) is 12.1. The third kappa shape index (κ3) is 2.07. The summed E-state index contributed by atoms with van der Waals surface area (Å²) < 4.78 is 6.26. The normalized spacial score (nSPS) is 29.9. The quantitative estimate of drug-likeness (QED) is 0.770. The fourth-order valence-electron chi connectivity index (χ4n) is 4.84. The molecule has 138 valence electrons. The van der Waals surface area contributed by atoms with Gasteiger partial charge in [-0.3, -0.25) is 0 Å². The first kappa shape index (κ1) is 17.5. The van der Waals surface area contributed by atoms with Crippen molar-refractivity contribution in [2.24, 2.45) is 10.8 Å². The molecule has 4 heteroatoms. The number of hydrogen-bond acceptors (Lipinski definition) is 4. The number of hydrogen-bond donors (Lipinski definition) is 1. The van der Waals surface area contributed by atoms with Crippen molar-refractivity contribution in [3.05, 3.63) is 54.1 Å². The number of benzene rings is 2. The molecule has 2 aromatic carbocycles. The lowest BCUT2D eigenvalue weighted by atomic mass is 9.57. The smallest absolute Gasteiger partial charge is 0.261 e. The van der Waals surface area contributed by atoms with Crippen molar-refractivity contribution >= 4 is 0 Å². The molecule has 0 saturated carbocycles. The number of rotatable bonds is 2. The molecule has 2 fully saturated rings. The minimum Gasteiger partial charge on any atom is -0.508 e. The van der Waals surface area contributed by atoms with E-state index in [0.29, 0.717) is 6.61 Å². The summed E-state index contributed by atoms with van der Waals surface area (Å²) in [6.07, 6.45) is 0. The predicted molar refractivity (Wildman–Crippen MR) is 99.3 cm³/mol. The highest BCUT2D eigenvalue weighted by Crippen LogP contribution is 2.69. The highest BCUT2D eigenvalue weighted by Gasteiger charge is 2.81. The number of fused-ring (bicyclic) bond motifs is 1. The Morgan fingerprint density at radius 1 is 0.923 bits per heavy atom. The van der Waals surface area contributed by atoms with E-state index in [-0.39, 0.29) is 16.6 Å². The van der Waals surface area contributed by atoms with Crippen molar-refractivity contribution in [2.75, 3.05) is 6.61 Å². The molecule has 0 aromatic heterocycles. The summed E-state index contributed by atoms with van der Waals surface area (Å²) in [5.74, 6) is -0.848. The summed E-state index contributed by atoms with van der Waals surface area (Å²) in [5, 5.41) is 10.4. The Balaban J connectivity index is 1.89. The van der Waals surface area contributed by atoms with Crippen molar-refractivity contribution in [3.63, 3.8) is 0 Å². The maximum absolute atomic E-state index is 10.4. The lowest BCUT2D eigenvalue weighted by Gasteiger charge is -2.61. The van der Waals surface area contributed by atoms with Gasteiger partial charge in [0.15, 0.2) is 5.60 Å². The fourth-order valence-corrected chi connectivity index (χ4v) is 4.84. The highest BCUT2D eigenvalue weighted by atomic mass is 17.3. The molecule has 26 heavy (non-hydrogen) atoms. The molecule has 4 nitrogen and oxygen atoms in total. The molecule has 4 rings (SSSR count). The van der Waals surface area contributed by atoms with Crippen molar-refractivity contribution in [3.8, 4) is 16.9 Å². The molecule has 0 bridgehead atoms. The predicted octanol–water partition coefficient (Wildman–Crippen LogP) is 5.02. The van der Waals surface area contributed by atoms with Gasteiger partial charge in [-0.25, -0.2) is 4.89 Å². The molecular formula is C22H26O4. The van der Waals surface area contributed by atoms with Gasteiger partial charge in [-0.15, -0.1) is 0 Å². The lowest BCUT2D eigenvalue weighted by molar-refractivity contribution is -0.626. The van der Waals surface area contributed by atoms with Gasteiger partial charge in [0, 0.05) is 16.4 Å². The summed E-state index contributed by atoms with van der Waals surface area (Å²) in [7, 11) is 0. The Bertz CT molecular complexity index is 837. The van der Waals surface area contributed by atoms with Crippen LogP contribution < -0.4 is 0 Å². The molecule has 2 unspecified atom stereocenters. The minimum atomic E-state index is -1.03. The molecule has 2 atom stereocenters. The van der Waals surface area contributed by atoms with E-state index in [0.717, 1.165) is 16.7 Å². The zero-order valence-corrected chi connectivity index (χ0v) is 16.0. The van der Waals surface area contributed by atoms with Crippen molar-refractivity contribution < 1.29 is 19.6 Å². The molecule has 0 radical (unpaired) electrons. The summed E-state index contributed by atoms with van der Waals surface area (Å²) >= 11 is 0. The first-order valence-corrected chi connectivity index (χ1v) is 9.04. The number of aromatic hydroxyl groups is 1. The van der Waals surface area contributed by atoms with Gasteiger partial charge < -0.3 is 9.84 Å². The van der Waals surface area contributed by atoms with Crippen molar-refractivity contribution in [2.45, 2.75) is 46.0 Å². The lowest BCUT2D eigenvalue weighted by Crippen LogP contribution is -2.73. The van der Waals surface area contributed by atoms with E-state index < -0.39 is 11.4 Å². The van der Waals surface area contributed by atoms with Crippen LogP contribution in [0.1, 0.15) is 40.2 Å². The van der Waals surface area contributed by atoms with Gasteiger partial charge in [0.05, 0.1) is 6.61 Å². The summed E-state index contributed by atoms with van der Waals surface area (Å²) in [4.78, 5) is 11.6. The van der Waals surface area contributed by atoms with Gasteiger partial charge in [-0.2, -0.15) is 4.89 Å². The second-order valence-corrected chi connectivity index (χ2v) is 9.02. The first-order valence-electron chi connectivity index (χ1n) is 9.04. The van der Waals surface area contributed by atoms with Gasteiger partial charge in [0.1, 0.15) is 5.75 Å². The number of phenolic OH excluding ortho intramolecular Hbond substituents is 1. The van der Waals surface area contributed by atoms with E-state index in [4.69, 9.17) is 14.5 Å². The van der Waals surface area contributed by atoms with Crippen LogP contribution in [-0.2, 0) is 20.3 Å². The molecule has 2 aliphatic rings. The van der Waals surface area contributed by atoms with Crippen LogP contribution in [0, 0.1) is 10.8 Å². The number of phenols is 1. The van der Waals surface area contributed by atoms with E-state index in [1.165, 1.54) is 0 Å².